The van der Waals surface area contributed by atoms with Crippen LogP contribution in [0, 0.1) is 0 Å². The molecule has 224 valence electrons. The maximum absolute atomic E-state index is 6.25. The molecule has 0 aliphatic rings. The van der Waals surface area contributed by atoms with Crippen LogP contribution in [0.2, 0.25) is 0 Å². The molecule has 0 unspecified atom stereocenters. The van der Waals surface area contributed by atoms with Gasteiger partial charge in [0.05, 0.1) is 0 Å². The van der Waals surface area contributed by atoms with Crippen LogP contribution in [0.15, 0.2) is 156 Å². The third kappa shape index (κ3) is 4.48. The number of rotatable bonds is 4. The first-order valence-corrected chi connectivity index (χ1v) is 16.7. The predicted molar refractivity (Wildman–Crippen MR) is 199 cm³/mol. The first-order valence-electron chi connectivity index (χ1n) is 15.9. The van der Waals surface area contributed by atoms with Crippen molar-refractivity contribution in [1.82, 2.24) is 15.0 Å². The van der Waals surface area contributed by atoms with Crippen LogP contribution in [-0.2, 0) is 0 Å². The molecule has 0 aliphatic heterocycles. The van der Waals surface area contributed by atoms with E-state index in [9.17, 15) is 0 Å². The standard InChI is InChI=1S/C43H25N3OS/c1-2-8-26(9-3-1)28-16-14-27-15-17-29(23-32(27)22-28)41-44-42(30-18-20-34-33-10-4-6-12-37(33)47-38(34)24-30)46-43(45-41)31-19-21-36-35-11-5-7-13-39(35)48-40(36)25-31/h1-25H. The Morgan fingerprint density at radius 3 is 1.73 bits per heavy atom. The molecule has 10 rings (SSSR count). The molecule has 48 heavy (non-hydrogen) atoms. The van der Waals surface area contributed by atoms with Crippen molar-refractivity contribution in [3.05, 3.63) is 152 Å². The third-order valence-electron chi connectivity index (χ3n) is 9.11. The second-order valence-corrected chi connectivity index (χ2v) is 13.2. The van der Waals surface area contributed by atoms with Gasteiger partial charge in [-0.2, -0.15) is 0 Å². The molecule has 0 bridgehead atoms. The van der Waals surface area contributed by atoms with Gasteiger partial charge in [0.25, 0.3) is 0 Å². The van der Waals surface area contributed by atoms with Crippen LogP contribution in [0.1, 0.15) is 0 Å². The van der Waals surface area contributed by atoms with E-state index in [0.29, 0.717) is 17.5 Å². The van der Waals surface area contributed by atoms with Crippen LogP contribution >= 0.6 is 11.3 Å². The highest BCUT2D eigenvalue weighted by atomic mass is 32.1. The number of benzene rings is 7. The summed E-state index contributed by atoms with van der Waals surface area (Å²) in [6, 6.07) is 52.9. The molecule has 0 spiro atoms. The average molecular weight is 632 g/mol. The highest BCUT2D eigenvalue weighted by Crippen LogP contribution is 2.37. The lowest BCUT2D eigenvalue weighted by molar-refractivity contribution is 0.669. The minimum atomic E-state index is 0.604. The lowest BCUT2D eigenvalue weighted by Crippen LogP contribution is -2.00. The van der Waals surface area contributed by atoms with Gasteiger partial charge in [-0.15, -0.1) is 11.3 Å². The summed E-state index contributed by atoms with van der Waals surface area (Å²) in [5, 5.41) is 6.98. The molecule has 0 fully saturated rings. The van der Waals surface area contributed by atoms with Gasteiger partial charge in [0.15, 0.2) is 17.5 Å². The number of furan rings is 1. The number of fused-ring (bicyclic) bond motifs is 7. The molecule has 4 nitrogen and oxygen atoms in total. The van der Waals surface area contributed by atoms with E-state index < -0.39 is 0 Å². The van der Waals surface area contributed by atoms with Crippen LogP contribution in [0.3, 0.4) is 0 Å². The Morgan fingerprint density at radius 1 is 0.354 bits per heavy atom. The van der Waals surface area contributed by atoms with Gasteiger partial charge >= 0.3 is 0 Å². The third-order valence-corrected chi connectivity index (χ3v) is 10.2. The van der Waals surface area contributed by atoms with Crippen molar-refractivity contribution in [2.24, 2.45) is 0 Å². The molecular weight excluding hydrogens is 607 g/mol. The zero-order chi connectivity index (χ0) is 31.6. The maximum Gasteiger partial charge on any atom is 0.164 e. The lowest BCUT2D eigenvalue weighted by atomic mass is 10.00. The van der Waals surface area contributed by atoms with E-state index >= 15 is 0 Å². The summed E-state index contributed by atoms with van der Waals surface area (Å²) >= 11 is 1.79. The monoisotopic (exact) mass is 631 g/mol. The summed E-state index contributed by atoms with van der Waals surface area (Å²) in [6.45, 7) is 0. The highest BCUT2D eigenvalue weighted by molar-refractivity contribution is 7.25. The molecule has 0 radical (unpaired) electrons. The number of hydrogen-bond donors (Lipinski definition) is 0. The molecule has 0 amide bonds. The van der Waals surface area contributed by atoms with Crippen molar-refractivity contribution in [3.63, 3.8) is 0 Å². The van der Waals surface area contributed by atoms with Crippen LogP contribution in [0.25, 0.3) is 98.2 Å². The van der Waals surface area contributed by atoms with Crippen LogP contribution < -0.4 is 0 Å². The van der Waals surface area contributed by atoms with Crippen LogP contribution in [0.4, 0.5) is 0 Å². The van der Waals surface area contributed by atoms with Crippen molar-refractivity contribution in [2.45, 2.75) is 0 Å². The summed E-state index contributed by atoms with van der Waals surface area (Å²) in [4.78, 5) is 15.3. The zero-order valence-electron chi connectivity index (χ0n) is 25.6. The van der Waals surface area contributed by atoms with Gasteiger partial charge < -0.3 is 4.42 Å². The van der Waals surface area contributed by atoms with Crippen LogP contribution in [-0.4, -0.2) is 15.0 Å². The van der Waals surface area contributed by atoms with Crippen molar-refractivity contribution < 1.29 is 4.42 Å². The fourth-order valence-electron chi connectivity index (χ4n) is 6.69. The Labute approximate surface area is 279 Å². The molecule has 0 aliphatic carbocycles. The molecule has 0 saturated carbocycles. The molecule has 7 aromatic carbocycles. The highest BCUT2D eigenvalue weighted by Gasteiger charge is 2.16. The normalized spacial score (nSPS) is 11.8. The van der Waals surface area contributed by atoms with Crippen LogP contribution in [0.5, 0.6) is 0 Å². The Kier molecular flexibility index (Phi) is 6.01. The Morgan fingerprint density at radius 2 is 0.917 bits per heavy atom. The van der Waals surface area contributed by atoms with E-state index in [-0.39, 0.29) is 0 Å². The fraction of sp³-hybridized carbons (Fsp3) is 0. The molecule has 0 atom stereocenters. The summed E-state index contributed by atoms with van der Waals surface area (Å²) in [5.41, 5.74) is 6.80. The van der Waals surface area contributed by atoms with Gasteiger partial charge in [-0.25, -0.2) is 15.0 Å². The molecule has 0 saturated heterocycles. The van der Waals surface area contributed by atoms with E-state index in [4.69, 9.17) is 19.4 Å². The van der Waals surface area contributed by atoms with Gasteiger partial charge in [0, 0.05) is 47.6 Å². The first-order chi connectivity index (χ1) is 23.7. The summed E-state index contributed by atoms with van der Waals surface area (Å²) in [5.74, 6) is 1.87. The number of nitrogens with zero attached hydrogens (tertiary/aromatic N) is 3. The Balaban J connectivity index is 1.16. The molecule has 3 aromatic heterocycles. The number of aromatic nitrogens is 3. The molecule has 10 aromatic rings. The average Bonchev–Trinajstić information content (AvgIpc) is 3.72. The van der Waals surface area contributed by atoms with Crippen molar-refractivity contribution in [3.8, 4) is 45.3 Å². The minimum Gasteiger partial charge on any atom is -0.456 e. The smallest absolute Gasteiger partial charge is 0.164 e. The second kappa shape index (κ2) is 10.7. The number of para-hydroxylation sites is 1. The van der Waals surface area contributed by atoms with Crippen molar-refractivity contribution in [2.75, 3.05) is 0 Å². The SMILES string of the molecule is c1ccc(-c2ccc3ccc(-c4nc(-c5ccc6c(c5)oc5ccccc56)nc(-c5ccc6c(c5)sc5ccccc56)n4)cc3c2)cc1. The molecular formula is C43H25N3OS. The maximum atomic E-state index is 6.25. The molecule has 0 N–H and O–H groups in total. The van der Waals surface area contributed by atoms with Crippen molar-refractivity contribution >= 4 is 64.2 Å². The fourth-order valence-corrected chi connectivity index (χ4v) is 7.83. The predicted octanol–water partition coefficient (Wildman–Crippen LogP) is 12.0. The largest absolute Gasteiger partial charge is 0.456 e. The summed E-state index contributed by atoms with van der Waals surface area (Å²) in [7, 11) is 0. The summed E-state index contributed by atoms with van der Waals surface area (Å²) in [6.07, 6.45) is 0. The number of thiophene rings is 1. The van der Waals surface area contributed by atoms with E-state index in [2.05, 4.69) is 121 Å². The van der Waals surface area contributed by atoms with Gasteiger partial charge in [-0.3, -0.25) is 0 Å². The summed E-state index contributed by atoms with van der Waals surface area (Å²) < 4.78 is 8.73. The van der Waals surface area contributed by atoms with E-state index in [0.717, 1.165) is 44.0 Å². The van der Waals surface area contributed by atoms with E-state index in [1.165, 1.54) is 36.7 Å². The van der Waals surface area contributed by atoms with Crippen molar-refractivity contribution in [1.29, 1.82) is 0 Å². The molecule has 3 heterocycles. The van der Waals surface area contributed by atoms with Gasteiger partial charge in [-0.1, -0.05) is 109 Å². The van der Waals surface area contributed by atoms with Gasteiger partial charge in [0.1, 0.15) is 11.2 Å². The molecule has 5 heteroatoms. The minimum absolute atomic E-state index is 0.604. The number of hydrogen-bond acceptors (Lipinski definition) is 5. The zero-order valence-corrected chi connectivity index (χ0v) is 26.4. The van der Waals surface area contributed by atoms with E-state index in [1.54, 1.807) is 11.3 Å². The quantitative estimate of drug-likeness (QED) is 0.194. The topological polar surface area (TPSA) is 51.8 Å². The lowest BCUT2D eigenvalue weighted by Gasteiger charge is -2.10. The van der Waals surface area contributed by atoms with E-state index in [1.807, 2.05) is 30.3 Å². The first kappa shape index (κ1) is 27.0. The second-order valence-electron chi connectivity index (χ2n) is 12.1. The Hall–Kier alpha value is -6.17. The van der Waals surface area contributed by atoms with Gasteiger partial charge in [0.2, 0.25) is 0 Å². The van der Waals surface area contributed by atoms with Gasteiger partial charge in [-0.05, 0) is 64.4 Å². The Bertz CT molecular complexity index is 2720.